The largest absolute Gasteiger partial charge is 0.391 e. The number of β-amino-alcohol motifs (C(OH)–C–C–N with tert-alkyl or cyclic N) is 1. The molecule has 7 nitrogen and oxygen atoms in total. The Morgan fingerprint density at radius 2 is 2.00 bits per heavy atom. The highest BCUT2D eigenvalue weighted by molar-refractivity contribution is 6.00. The zero-order valence-corrected chi connectivity index (χ0v) is 15.2. The molecule has 0 unspecified atom stereocenters. The van der Waals surface area contributed by atoms with Crippen LogP contribution in [0.2, 0.25) is 0 Å². The first-order chi connectivity index (χ1) is 13.2. The summed E-state index contributed by atoms with van der Waals surface area (Å²) >= 11 is 0. The summed E-state index contributed by atoms with van der Waals surface area (Å²) in [5, 5.41) is 10.5. The molecule has 3 heterocycles. The zero-order valence-electron chi connectivity index (χ0n) is 15.2. The molecule has 7 heteroatoms. The average molecular weight is 368 g/mol. The maximum absolute atomic E-state index is 13.2. The van der Waals surface area contributed by atoms with E-state index >= 15 is 0 Å². The Morgan fingerprint density at radius 1 is 1.19 bits per heavy atom. The smallest absolute Gasteiger partial charge is 0.256 e. The molecule has 1 aromatic heterocycles. The van der Waals surface area contributed by atoms with Crippen molar-refractivity contribution in [3.05, 3.63) is 54.1 Å². The van der Waals surface area contributed by atoms with Crippen molar-refractivity contribution in [3.63, 3.8) is 0 Å². The SMILES string of the molecule is O=C(c1ccccc1N1CCOCC1)N1C[C@@H](Cc2cnccn2)[C@H](O)C1. The highest BCUT2D eigenvalue weighted by Gasteiger charge is 2.35. The maximum Gasteiger partial charge on any atom is 0.256 e. The van der Waals surface area contributed by atoms with Crippen LogP contribution >= 0.6 is 0 Å². The minimum Gasteiger partial charge on any atom is -0.391 e. The lowest BCUT2D eigenvalue weighted by Gasteiger charge is -2.31. The molecule has 2 saturated heterocycles. The Morgan fingerprint density at radius 3 is 2.78 bits per heavy atom. The predicted octanol–water partition coefficient (Wildman–Crippen LogP) is 0.989. The fourth-order valence-corrected chi connectivity index (χ4v) is 3.83. The van der Waals surface area contributed by atoms with Crippen LogP contribution in [0, 0.1) is 5.92 Å². The molecule has 1 N–H and O–H groups in total. The van der Waals surface area contributed by atoms with Gasteiger partial charge >= 0.3 is 0 Å². The Labute approximate surface area is 158 Å². The van der Waals surface area contributed by atoms with Crippen molar-refractivity contribution >= 4 is 11.6 Å². The molecule has 2 aliphatic rings. The molecule has 2 aromatic rings. The number of likely N-dealkylation sites (tertiary alicyclic amines) is 1. The fraction of sp³-hybridized carbons (Fsp3) is 0.450. The molecule has 2 atom stereocenters. The lowest BCUT2D eigenvalue weighted by molar-refractivity contribution is 0.0764. The van der Waals surface area contributed by atoms with E-state index in [1.807, 2.05) is 24.3 Å². The number of aromatic nitrogens is 2. The van der Waals surface area contributed by atoms with E-state index in [9.17, 15) is 9.90 Å². The van der Waals surface area contributed by atoms with Gasteiger partial charge in [0, 0.05) is 56.4 Å². The van der Waals surface area contributed by atoms with E-state index in [2.05, 4.69) is 14.9 Å². The van der Waals surface area contributed by atoms with Gasteiger partial charge in [-0.25, -0.2) is 0 Å². The van der Waals surface area contributed by atoms with Crippen LogP contribution in [0.25, 0.3) is 0 Å². The monoisotopic (exact) mass is 368 g/mol. The van der Waals surface area contributed by atoms with E-state index in [-0.39, 0.29) is 11.8 Å². The van der Waals surface area contributed by atoms with Crippen molar-refractivity contribution in [2.75, 3.05) is 44.3 Å². The summed E-state index contributed by atoms with van der Waals surface area (Å²) in [6, 6.07) is 7.70. The van der Waals surface area contributed by atoms with Crippen molar-refractivity contribution < 1.29 is 14.6 Å². The molecule has 0 radical (unpaired) electrons. The van der Waals surface area contributed by atoms with Crippen molar-refractivity contribution in [1.29, 1.82) is 0 Å². The van der Waals surface area contributed by atoms with Crippen molar-refractivity contribution in [3.8, 4) is 0 Å². The van der Waals surface area contributed by atoms with Crippen LogP contribution in [0.5, 0.6) is 0 Å². The number of hydrogen-bond donors (Lipinski definition) is 1. The molecule has 1 amide bonds. The van der Waals surface area contributed by atoms with E-state index in [1.54, 1.807) is 23.5 Å². The molecule has 0 saturated carbocycles. The second kappa shape index (κ2) is 8.02. The van der Waals surface area contributed by atoms with Gasteiger partial charge in [-0.2, -0.15) is 0 Å². The molecule has 142 valence electrons. The summed E-state index contributed by atoms with van der Waals surface area (Å²) in [4.78, 5) is 25.5. The maximum atomic E-state index is 13.2. The van der Waals surface area contributed by atoms with Crippen LogP contribution in [-0.4, -0.2) is 71.4 Å². The zero-order chi connectivity index (χ0) is 18.6. The second-order valence-electron chi connectivity index (χ2n) is 7.06. The number of hydrogen-bond acceptors (Lipinski definition) is 6. The topological polar surface area (TPSA) is 78.8 Å². The van der Waals surface area contributed by atoms with Gasteiger partial charge in [0.25, 0.3) is 5.91 Å². The number of aliphatic hydroxyl groups excluding tert-OH is 1. The lowest BCUT2D eigenvalue weighted by atomic mass is 10.0. The van der Waals surface area contributed by atoms with E-state index < -0.39 is 6.10 Å². The third-order valence-electron chi connectivity index (χ3n) is 5.27. The van der Waals surface area contributed by atoms with E-state index in [1.165, 1.54) is 0 Å². The van der Waals surface area contributed by atoms with E-state index in [4.69, 9.17) is 4.74 Å². The summed E-state index contributed by atoms with van der Waals surface area (Å²) in [5.74, 6) is -0.0565. The third kappa shape index (κ3) is 3.94. The van der Waals surface area contributed by atoms with Crippen LogP contribution in [-0.2, 0) is 11.2 Å². The first-order valence-corrected chi connectivity index (χ1v) is 9.36. The van der Waals surface area contributed by atoms with Gasteiger partial charge in [0.15, 0.2) is 0 Å². The van der Waals surface area contributed by atoms with E-state index in [0.29, 0.717) is 38.3 Å². The number of rotatable bonds is 4. The number of ether oxygens (including phenoxy) is 1. The lowest BCUT2D eigenvalue weighted by Crippen LogP contribution is -2.38. The molecule has 1 aromatic carbocycles. The normalized spacial score (nSPS) is 22.9. The Bertz CT molecular complexity index is 780. The van der Waals surface area contributed by atoms with Gasteiger partial charge in [0.1, 0.15) is 0 Å². The second-order valence-corrected chi connectivity index (χ2v) is 7.06. The van der Waals surface area contributed by atoms with Crippen LogP contribution in [0.1, 0.15) is 16.1 Å². The number of carbonyl (C=O) groups is 1. The Hall–Kier alpha value is -2.51. The number of para-hydroxylation sites is 1. The highest BCUT2D eigenvalue weighted by atomic mass is 16.5. The summed E-state index contributed by atoms with van der Waals surface area (Å²) < 4.78 is 5.42. The van der Waals surface area contributed by atoms with Crippen LogP contribution in [0.3, 0.4) is 0 Å². The first-order valence-electron chi connectivity index (χ1n) is 9.36. The minimum absolute atomic E-state index is 0.0267. The first kappa shape index (κ1) is 17.9. The van der Waals surface area contributed by atoms with Crippen molar-refractivity contribution in [2.45, 2.75) is 12.5 Å². The standard InChI is InChI=1S/C20H24N4O3/c25-19-14-24(13-15(19)11-16-12-21-5-6-22-16)20(26)17-3-1-2-4-18(17)23-7-9-27-10-8-23/h1-6,12,15,19,25H,7-11,13-14H2/t15-,19-/m1/s1. The molecule has 0 bridgehead atoms. The van der Waals surface area contributed by atoms with Gasteiger partial charge in [-0.1, -0.05) is 12.1 Å². The third-order valence-corrected chi connectivity index (χ3v) is 5.27. The summed E-state index contributed by atoms with van der Waals surface area (Å²) in [5.41, 5.74) is 2.47. The molecule has 2 fully saturated rings. The number of anilines is 1. The Kier molecular flexibility index (Phi) is 5.31. The Balaban J connectivity index is 1.49. The quantitative estimate of drug-likeness (QED) is 0.867. The molecule has 0 aliphatic carbocycles. The summed E-state index contributed by atoms with van der Waals surface area (Å²) in [6.45, 7) is 3.77. The van der Waals surface area contributed by atoms with Crippen LogP contribution in [0.4, 0.5) is 5.69 Å². The summed E-state index contributed by atoms with van der Waals surface area (Å²) in [6.07, 6.45) is 5.06. The number of amides is 1. The number of carbonyl (C=O) groups excluding carboxylic acids is 1. The van der Waals surface area contributed by atoms with Gasteiger partial charge in [-0.05, 0) is 18.6 Å². The molecule has 2 aliphatic heterocycles. The number of nitrogens with zero attached hydrogens (tertiary/aromatic N) is 4. The predicted molar refractivity (Wildman–Crippen MR) is 101 cm³/mol. The van der Waals surface area contributed by atoms with Crippen LogP contribution in [0.15, 0.2) is 42.9 Å². The van der Waals surface area contributed by atoms with E-state index in [0.717, 1.165) is 24.5 Å². The van der Waals surface area contributed by atoms with Crippen molar-refractivity contribution in [1.82, 2.24) is 14.9 Å². The minimum atomic E-state index is -0.550. The fourth-order valence-electron chi connectivity index (χ4n) is 3.83. The van der Waals surface area contributed by atoms with Gasteiger partial charge in [-0.15, -0.1) is 0 Å². The molecular weight excluding hydrogens is 344 g/mol. The van der Waals surface area contributed by atoms with Gasteiger partial charge in [0.05, 0.1) is 30.6 Å². The average Bonchev–Trinajstić information content (AvgIpc) is 3.09. The highest BCUT2D eigenvalue weighted by Crippen LogP contribution is 2.27. The molecule has 0 spiro atoms. The molecular formula is C20H24N4O3. The molecule has 4 rings (SSSR count). The van der Waals surface area contributed by atoms with Crippen molar-refractivity contribution in [2.24, 2.45) is 5.92 Å². The van der Waals surface area contributed by atoms with Crippen LogP contribution < -0.4 is 4.90 Å². The number of benzene rings is 1. The van der Waals surface area contributed by atoms with Gasteiger partial charge in [0.2, 0.25) is 0 Å². The summed E-state index contributed by atoms with van der Waals surface area (Å²) in [7, 11) is 0. The number of morpholine rings is 1. The van der Waals surface area contributed by atoms with Gasteiger partial charge < -0.3 is 19.6 Å². The van der Waals surface area contributed by atoms with Gasteiger partial charge in [-0.3, -0.25) is 14.8 Å². The number of aliphatic hydroxyl groups is 1. The molecule has 27 heavy (non-hydrogen) atoms.